The van der Waals surface area contributed by atoms with Gasteiger partial charge < -0.3 is 9.84 Å². The standard InChI is InChI=1S/C32H28O3.17H2/c1-8-9-10-11-12-13-14-15-16-17-18-19-20-23-35-29(33)22-21-26-24-27(31(2,3)4)30(34)28(25-26)32(5,6)7;;;;;;;;;;;;;;;;;/h24-25,34H,21-22H2,1-7H3;17*1H. The summed E-state index contributed by atoms with van der Waals surface area (Å²) >= 11 is 0. The molecule has 0 spiro atoms. The van der Waals surface area contributed by atoms with Crippen LogP contribution in [-0.4, -0.2) is 11.1 Å². The first kappa shape index (κ1) is 28.4. The van der Waals surface area contributed by atoms with Crippen LogP contribution in [0.3, 0.4) is 0 Å². The van der Waals surface area contributed by atoms with E-state index in [1.165, 1.54) is 0 Å². The second kappa shape index (κ2) is 13.8. The van der Waals surface area contributed by atoms with Gasteiger partial charge in [-0.05, 0) is 76.4 Å². The Hall–Kier alpha value is -4.59. The van der Waals surface area contributed by atoms with Gasteiger partial charge in [-0.3, -0.25) is 4.79 Å². The lowest BCUT2D eigenvalue weighted by Gasteiger charge is -2.28. The maximum atomic E-state index is 12.1. The van der Waals surface area contributed by atoms with Crippen molar-refractivity contribution in [2.75, 3.05) is 0 Å². The molecule has 3 heteroatoms. The minimum Gasteiger partial charge on any atom is -0.507 e. The number of phenolic OH excluding ortho intramolecular Hbond substituents is 1. The number of carbonyl (C=O) groups excluding carboxylic acids is 1. The number of hydrogen-bond acceptors (Lipinski definition) is 3. The summed E-state index contributed by atoms with van der Waals surface area (Å²) in [6, 6.07) is 3.91. The fourth-order valence-corrected chi connectivity index (χ4v) is 2.76. The van der Waals surface area contributed by atoms with Crippen molar-refractivity contribution in [3.8, 4) is 88.8 Å². The molecule has 0 bridgehead atoms. The first-order valence-corrected chi connectivity index (χ1v) is 10.9. The zero-order valence-corrected chi connectivity index (χ0v) is 21.3. The quantitative estimate of drug-likeness (QED) is 0.338. The zero-order valence-electron chi connectivity index (χ0n) is 21.3. The average molecular weight is 495 g/mol. The lowest BCUT2D eigenvalue weighted by Crippen LogP contribution is -2.18. The molecule has 0 radical (unpaired) electrons. The summed E-state index contributed by atoms with van der Waals surface area (Å²) in [7, 11) is 0. The molecule has 1 aromatic rings. The summed E-state index contributed by atoms with van der Waals surface area (Å²) in [5.74, 6) is 32.5. The lowest BCUT2D eigenvalue weighted by molar-refractivity contribution is -0.136. The molecule has 208 valence electrons. The third-order valence-corrected chi connectivity index (χ3v) is 4.43. The van der Waals surface area contributed by atoms with Gasteiger partial charge in [-0.2, -0.15) is 0 Å². The molecule has 0 aromatic heterocycles. The van der Waals surface area contributed by atoms with Crippen molar-refractivity contribution in [1.82, 2.24) is 0 Å². The van der Waals surface area contributed by atoms with Crippen LogP contribution in [0.5, 0.6) is 5.75 Å². The van der Waals surface area contributed by atoms with E-state index in [1.54, 1.807) is 6.92 Å². The Bertz CT molecular complexity index is 1410. The summed E-state index contributed by atoms with van der Waals surface area (Å²) in [4.78, 5) is 12.1. The van der Waals surface area contributed by atoms with Gasteiger partial charge in [-0.25, -0.2) is 0 Å². The molecule has 0 amide bonds. The van der Waals surface area contributed by atoms with Gasteiger partial charge in [0.05, 0.1) is 6.42 Å². The largest absolute Gasteiger partial charge is 0.507 e. The first-order chi connectivity index (χ1) is 16.5. The maximum absolute atomic E-state index is 12.1. The molecule has 3 nitrogen and oxygen atoms in total. The third kappa shape index (κ3) is 11.2. The van der Waals surface area contributed by atoms with Crippen molar-refractivity contribution in [2.45, 2.75) is 72.1 Å². The van der Waals surface area contributed by atoms with Crippen LogP contribution >= 0.6 is 0 Å². The van der Waals surface area contributed by atoms with Crippen LogP contribution in [0.25, 0.3) is 0 Å². The molecule has 0 aliphatic heterocycles. The van der Waals surface area contributed by atoms with Gasteiger partial charge in [0.1, 0.15) is 11.9 Å². The number of carbonyl (C=O) groups is 1. The number of benzene rings is 1. The van der Waals surface area contributed by atoms with Crippen LogP contribution in [0, 0.1) is 83.1 Å². The second-order valence-corrected chi connectivity index (χ2v) is 9.37. The molecule has 1 rings (SSSR count). The van der Waals surface area contributed by atoms with Crippen LogP contribution < -0.4 is 0 Å². The number of aryl methyl sites for hydroxylation is 1. The highest BCUT2D eigenvalue weighted by Gasteiger charge is 2.26. The molecule has 0 aliphatic carbocycles. The number of hydrogen-bond donors (Lipinski definition) is 1. The number of esters is 1. The van der Waals surface area contributed by atoms with Crippen molar-refractivity contribution in [2.24, 2.45) is 0 Å². The second-order valence-electron chi connectivity index (χ2n) is 9.37. The molecule has 0 aliphatic rings. The van der Waals surface area contributed by atoms with Crippen LogP contribution in [-0.2, 0) is 26.8 Å². The minimum absolute atomic E-state index is 0. The van der Waals surface area contributed by atoms with Crippen LogP contribution in [0.2, 0.25) is 0 Å². The third-order valence-electron chi connectivity index (χ3n) is 4.43. The van der Waals surface area contributed by atoms with Gasteiger partial charge in [-0.15, -0.1) is 0 Å². The Labute approximate surface area is 235 Å². The van der Waals surface area contributed by atoms with Crippen molar-refractivity contribution in [1.29, 1.82) is 0 Å². The minimum atomic E-state index is -0.453. The highest BCUT2D eigenvalue weighted by molar-refractivity contribution is 5.71. The Morgan fingerprint density at radius 3 is 1.57 bits per heavy atom. The molecule has 0 heterocycles. The normalized spacial score (nSPS) is 9.00. The molecule has 0 fully saturated rings. The van der Waals surface area contributed by atoms with Gasteiger partial charge in [0.25, 0.3) is 0 Å². The van der Waals surface area contributed by atoms with Crippen molar-refractivity contribution < 1.29 is 38.9 Å². The number of aromatic hydroxyl groups is 1. The molecule has 1 aromatic carbocycles. The average Bonchev–Trinajstić information content (AvgIpc) is 2.77. The lowest BCUT2D eigenvalue weighted by atomic mass is 9.78. The van der Waals surface area contributed by atoms with E-state index in [1.807, 2.05) is 12.1 Å². The van der Waals surface area contributed by atoms with Crippen LogP contribution in [0.1, 0.15) is 95.8 Å². The van der Waals surface area contributed by atoms with Gasteiger partial charge in [0, 0.05) is 59.8 Å². The van der Waals surface area contributed by atoms with Crippen LogP contribution in [0.4, 0.5) is 0 Å². The molecule has 35 heavy (non-hydrogen) atoms. The zero-order chi connectivity index (χ0) is 26.3. The Kier molecular flexibility index (Phi) is 11.2. The van der Waals surface area contributed by atoms with E-state index >= 15 is 0 Å². The Morgan fingerprint density at radius 2 is 1.17 bits per heavy atom. The number of ether oxygens (including phenoxy) is 1. The monoisotopic (exact) mass is 494 g/mol. The summed E-state index contributed by atoms with van der Waals surface area (Å²) in [5, 5.41) is 10.8. The van der Waals surface area contributed by atoms with E-state index in [-0.39, 0.29) is 41.5 Å². The van der Waals surface area contributed by atoms with E-state index < -0.39 is 5.97 Å². The predicted molar refractivity (Wildman–Crippen MR) is 176 cm³/mol. The molecule has 0 atom stereocenters. The van der Waals surface area contributed by atoms with Gasteiger partial charge in [0.2, 0.25) is 0 Å². The summed E-state index contributed by atoms with van der Waals surface area (Å²) in [5.41, 5.74) is 2.22. The molecular weight excluding hydrogens is 432 g/mol. The highest BCUT2D eigenvalue weighted by atomic mass is 16.5. The number of phenols is 1. The molecule has 0 saturated heterocycles. The molecule has 0 unspecified atom stereocenters. The maximum Gasteiger partial charge on any atom is 0.320 e. The van der Waals surface area contributed by atoms with Crippen LogP contribution in [0.15, 0.2) is 12.1 Å². The number of rotatable bonds is 3. The predicted octanol–water partition coefficient (Wildman–Crippen LogP) is 8.65. The van der Waals surface area contributed by atoms with E-state index in [2.05, 4.69) is 125 Å². The molecular formula is C32H62O3. The van der Waals surface area contributed by atoms with Crippen molar-refractivity contribution in [3.05, 3.63) is 28.8 Å². The first-order valence-electron chi connectivity index (χ1n) is 10.9. The van der Waals surface area contributed by atoms with E-state index in [9.17, 15) is 9.90 Å². The summed E-state index contributed by atoms with van der Waals surface area (Å²) in [6.45, 7) is 14.0. The summed E-state index contributed by atoms with van der Waals surface area (Å²) in [6.07, 6.45) is 2.91. The Morgan fingerprint density at radius 1 is 0.771 bits per heavy atom. The van der Waals surface area contributed by atoms with Gasteiger partial charge >= 0.3 is 5.97 Å². The van der Waals surface area contributed by atoms with Gasteiger partial charge in [0.15, 0.2) is 0 Å². The van der Waals surface area contributed by atoms with E-state index in [0.717, 1.165) is 16.7 Å². The Balaban J connectivity index is -0.0000000480. The molecule has 1 N–H and O–H groups in total. The van der Waals surface area contributed by atoms with Gasteiger partial charge in [-0.1, -0.05) is 59.6 Å². The van der Waals surface area contributed by atoms with E-state index in [0.29, 0.717) is 12.2 Å². The topological polar surface area (TPSA) is 46.5 Å². The fraction of sp³-hybridized carbons (Fsp3) is 0.344. The fourth-order valence-electron chi connectivity index (χ4n) is 2.76. The highest BCUT2D eigenvalue weighted by Crippen LogP contribution is 2.39. The summed E-state index contributed by atoms with van der Waals surface area (Å²) < 4.78 is 4.91. The SMILES string of the molecule is CC#CC#CC#CC#CC#CC#CC#COC(=O)CCc1cc(C(C)(C)C)c(O)c(C(C)(C)C)c1.[HH].[HH].[HH].[HH].[HH].[HH].[HH].[HH].[HH].[HH].[HH].[HH].[HH].[HH].[HH].[HH].[HH]. The van der Waals surface area contributed by atoms with Crippen molar-refractivity contribution >= 4 is 5.97 Å². The van der Waals surface area contributed by atoms with E-state index in [4.69, 9.17) is 4.74 Å². The van der Waals surface area contributed by atoms with Crippen molar-refractivity contribution in [3.63, 3.8) is 0 Å². The molecule has 0 saturated carbocycles. The smallest absolute Gasteiger partial charge is 0.320 e.